The van der Waals surface area contributed by atoms with Gasteiger partial charge in [0.1, 0.15) is 5.54 Å². The molecule has 0 fully saturated rings. The standard InChI is InChI=1S/C13H18ClNO2S/c1-9(8-13(2,15)12(16)17-3)18-11-6-4-10(14)5-7-11/h4-7,9H,8,15H2,1-3H3. The Morgan fingerprint density at radius 1 is 1.50 bits per heavy atom. The van der Waals surface area contributed by atoms with Gasteiger partial charge in [0.25, 0.3) is 0 Å². The molecular formula is C13H18ClNO2S. The van der Waals surface area contributed by atoms with Gasteiger partial charge in [-0.05, 0) is 37.6 Å². The second-order valence-electron chi connectivity index (χ2n) is 4.50. The molecule has 1 rings (SSSR count). The Labute approximate surface area is 117 Å². The van der Waals surface area contributed by atoms with Crippen LogP contribution in [0.5, 0.6) is 0 Å². The Balaban J connectivity index is 2.58. The van der Waals surface area contributed by atoms with Gasteiger partial charge >= 0.3 is 5.97 Å². The van der Waals surface area contributed by atoms with Crippen LogP contribution in [0.3, 0.4) is 0 Å². The maximum atomic E-state index is 11.5. The van der Waals surface area contributed by atoms with Gasteiger partial charge in [0.2, 0.25) is 0 Å². The molecule has 0 radical (unpaired) electrons. The van der Waals surface area contributed by atoms with Crippen LogP contribution in [0, 0.1) is 0 Å². The number of benzene rings is 1. The monoisotopic (exact) mass is 287 g/mol. The smallest absolute Gasteiger partial charge is 0.325 e. The van der Waals surface area contributed by atoms with Crippen LogP contribution in [0.4, 0.5) is 0 Å². The van der Waals surface area contributed by atoms with E-state index < -0.39 is 5.54 Å². The number of rotatable bonds is 5. The second-order valence-corrected chi connectivity index (χ2v) is 6.44. The lowest BCUT2D eigenvalue weighted by atomic mass is 9.98. The zero-order chi connectivity index (χ0) is 13.8. The number of carbonyl (C=O) groups is 1. The Bertz CT molecular complexity index is 406. The highest BCUT2D eigenvalue weighted by molar-refractivity contribution is 7.99. The van der Waals surface area contributed by atoms with E-state index in [-0.39, 0.29) is 11.2 Å². The minimum atomic E-state index is -0.951. The molecule has 1 aromatic rings. The van der Waals surface area contributed by atoms with Crippen molar-refractivity contribution < 1.29 is 9.53 Å². The van der Waals surface area contributed by atoms with Gasteiger partial charge < -0.3 is 10.5 Å². The molecular weight excluding hydrogens is 270 g/mol. The van der Waals surface area contributed by atoms with E-state index in [9.17, 15) is 4.79 Å². The molecule has 0 saturated heterocycles. The Hall–Kier alpha value is -0.710. The summed E-state index contributed by atoms with van der Waals surface area (Å²) in [6.45, 7) is 3.73. The third kappa shape index (κ3) is 4.52. The molecule has 5 heteroatoms. The summed E-state index contributed by atoms with van der Waals surface area (Å²) in [6.07, 6.45) is 0.549. The number of hydrogen-bond donors (Lipinski definition) is 1. The summed E-state index contributed by atoms with van der Waals surface area (Å²) >= 11 is 7.49. The van der Waals surface area contributed by atoms with Crippen LogP contribution in [0.1, 0.15) is 20.3 Å². The SMILES string of the molecule is COC(=O)C(C)(N)CC(C)Sc1ccc(Cl)cc1. The van der Waals surface area contributed by atoms with Crippen LogP contribution in [0.15, 0.2) is 29.2 Å². The van der Waals surface area contributed by atoms with Gasteiger partial charge in [-0.15, -0.1) is 11.8 Å². The van der Waals surface area contributed by atoms with Crippen LogP contribution in [-0.2, 0) is 9.53 Å². The largest absolute Gasteiger partial charge is 0.468 e. The van der Waals surface area contributed by atoms with E-state index in [1.807, 2.05) is 31.2 Å². The molecule has 2 N–H and O–H groups in total. The number of thioether (sulfide) groups is 1. The summed E-state index contributed by atoms with van der Waals surface area (Å²) < 4.78 is 4.69. The number of esters is 1. The minimum Gasteiger partial charge on any atom is -0.468 e. The number of ether oxygens (including phenoxy) is 1. The molecule has 2 unspecified atom stereocenters. The predicted molar refractivity (Wildman–Crippen MR) is 76.0 cm³/mol. The van der Waals surface area contributed by atoms with Crippen LogP contribution in [0.2, 0.25) is 5.02 Å². The zero-order valence-corrected chi connectivity index (χ0v) is 12.3. The summed E-state index contributed by atoms with van der Waals surface area (Å²) in [5, 5.41) is 0.922. The summed E-state index contributed by atoms with van der Waals surface area (Å²) in [4.78, 5) is 12.6. The van der Waals surface area contributed by atoms with Crippen molar-refractivity contribution in [3.63, 3.8) is 0 Å². The molecule has 0 spiro atoms. The van der Waals surface area contributed by atoms with Gasteiger partial charge in [0, 0.05) is 15.2 Å². The molecule has 0 aliphatic carbocycles. The fourth-order valence-corrected chi connectivity index (χ4v) is 3.01. The summed E-state index contributed by atoms with van der Waals surface area (Å²) in [5.74, 6) is -0.383. The average Bonchev–Trinajstić information content (AvgIpc) is 2.30. The molecule has 0 saturated carbocycles. The van der Waals surface area contributed by atoms with Crippen molar-refractivity contribution >= 4 is 29.3 Å². The molecule has 18 heavy (non-hydrogen) atoms. The fraction of sp³-hybridized carbons (Fsp3) is 0.462. The lowest BCUT2D eigenvalue weighted by Crippen LogP contribution is -2.47. The van der Waals surface area contributed by atoms with Crippen molar-refractivity contribution in [2.45, 2.75) is 36.0 Å². The quantitative estimate of drug-likeness (QED) is 0.668. The van der Waals surface area contributed by atoms with Crippen molar-refractivity contribution in [3.05, 3.63) is 29.3 Å². The number of hydrogen-bond acceptors (Lipinski definition) is 4. The second kappa shape index (κ2) is 6.45. The maximum Gasteiger partial charge on any atom is 0.325 e. The first kappa shape index (κ1) is 15.3. The molecule has 100 valence electrons. The van der Waals surface area contributed by atoms with Crippen molar-refractivity contribution in [2.75, 3.05) is 7.11 Å². The lowest BCUT2D eigenvalue weighted by molar-refractivity contribution is -0.146. The number of carbonyl (C=O) groups excluding carboxylic acids is 1. The molecule has 0 aliphatic heterocycles. The predicted octanol–water partition coefficient (Wildman–Crippen LogP) is 3.10. The molecule has 0 amide bonds. The molecule has 0 aliphatic rings. The van der Waals surface area contributed by atoms with Gasteiger partial charge in [0.05, 0.1) is 7.11 Å². The molecule has 1 aromatic carbocycles. The number of methoxy groups -OCH3 is 1. The molecule has 0 aromatic heterocycles. The minimum absolute atomic E-state index is 0.209. The zero-order valence-electron chi connectivity index (χ0n) is 10.8. The van der Waals surface area contributed by atoms with Crippen molar-refractivity contribution in [2.24, 2.45) is 5.73 Å². The lowest BCUT2D eigenvalue weighted by Gasteiger charge is -2.24. The van der Waals surface area contributed by atoms with E-state index in [0.717, 1.165) is 4.90 Å². The van der Waals surface area contributed by atoms with E-state index >= 15 is 0 Å². The Morgan fingerprint density at radius 2 is 2.06 bits per heavy atom. The first-order chi connectivity index (χ1) is 8.35. The van der Waals surface area contributed by atoms with Gasteiger partial charge in [0.15, 0.2) is 0 Å². The van der Waals surface area contributed by atoms with Crippen molar-refractivity contribution in [1.82, 2.24) is 0 Å². The highest BCUT2D eigenvalue weighted by Crippen LogP contribution is 2.29. The van der Waals surface area contributed by atoms with Crippen LogP contribution in [-0.4, -0.2) is 23.9 Å². The molecule has 3 nitrogen and oxygen atoms in total. The maximum absolute atomic E-state index is 11.5. The first-order valence-electron chi connectivity index (χ1n) is 5.64. The van der Waals surface area contributed by atoms with Crippen LogP contribution >= 0.6 is 23.4 Å². The fourth-order valence-electron chi connectivity index (χ4n) is 1.70. The summed E-state index contributed by atoms with van der Waals surface area (Å²) in [5.41, 5.74) is 4.99. The van der Waals surface area contributed by atoms with Gasteiger partial charge in [-0.2, -0.15) is 0 Å². The summed E-state index contributed by atoms with van der Waals surface area (Å²) in [6, 6.07) is 7.60. The summed E-state index contributed by atoms with van der Waals surface area (Å²) in [7, 11) is 1.35. The Morgan fingerprint density at radius 3 is 2.56 bits per heavy atom. The molecule has 0 bridgehead atoms. The number of halogens is 1. The average molecular weight is 288 g/mol. The van der Waals surface area contributed by atoms with E-state index in [1.54, 1.807) is 18.7 Å². The van der Waals surface area contributed by atoms with E-state index in [0.29, 0.717) is 11.4 Å². The molecule has 0 heterocycles. The van der Waals surface area contributed by atoms with Crippen molar-refractivity contribution in [1.29, 1.82) is 0 Å². The van der Waals surface area contributed by atoms with E-state index in [1.165, 1.54) is 7.11 Å². The van der Waals surface area contributed by atoms with Gasteiger partial charge in [-0.3, -0.25) is 4.79 Å². The first-order valence-corrected chi connectivity index (χ1v) is 6.90. The Kier molecular flexibility index (Phi) is 5.50. The highest BCUT2D eigenvalue weighted by atomic mass is 35.5. The number of nitrogens with two attached hydrogens (primary N) is 1. The third-order valence-electron chi connectivity index (χ3n) is 2.51. The normalized spacial score (nSPS) is 15.8. The van der Waals surface area contributed by atoms with Crippen LogP contribution in [0.25, 0.3) is 0 Å². The van der Waals surface area contributed by atoms with E-state index in [2.05, 4.69) is 0 Å². The van der Waals surface area contributed by atoms with Crippen LogP contribution < -0.4 is 5.73 Å². The molecule has 2 atom stereocenters. The van der Waals surface area contributed by atoms with Crippen molar-refractivity contribution in [3.8, 4) is 0 Å². The third-order valence-corrected chi connectivity index (χ3v) is 3.88. The van der Waals surface area contributed by atoms with Gasteiger partial charge in [-0.1, -0.05) is 18.5 Å². The van der Waals surface area contributed by atoms with Gasteiger partial charge in [-0.25, -0.2) is 0 Å². The van der Waals surface area contributed by atoms with E-state index in [4.69, 9.17) is 22.1 Å². The highest BCUT2D eigenvalue weighted by Gasteiger charge is 2.31. The topological polar surface area (TPSA) is 52.3 Å².